The van der Waals surface area contributed by atoms with Crippen LogP contribution in [0.2, 0.25) is 5.02 Å². The highest BCUT2D eigenvalue weighted by atomic mass is 35.5. The SMILES string of the molecule is Cc1cc2c(nc1OCc1ccc(Cl)cc1F)CN(Cc1nc3c(OC(F)F)cc(C(=O)O)cc3n1C)CC2. The number of hydrogen-bond acceptors (Lipinski definition) is 6. The Labute approximate surface area is 226 Å². The lowest BCUT2D eigenvalue weighted by Gasteiger charge is -2.28. The number of halogens is 4. The van der Waals surface area contributed by atoms with Crippen molar-refractivity contribution >= 4 is 28.6 Å². The molecule has 5 rings (SSSR count). The molecule has 0 spiro atoms. The fraction of sp³-hybridized carbons (Fsp3) is 0.296. The van der Waals surface area contributed by atoms with Gasteiger partial charge in [0.15, 0.2) is 5.75 Å². The Kier molecular flexibility index (Phi) is 7.37. The maximum Gasteiger partial charge on any atom is 0.387 e. The number of fused-ring (bicyclic) bond motifs is 2. The lowest BCUT2D eigenvalue weighted by molar-refractivity contribution is -0.0489. The summed E-state index contributed by atoms with van der Waals surface area (Å²) in [6.07, 6.45) is 0.724. The van der Waals surface area contributed by atoms with E-state index in [9.17, 15) is 23.1 Å². The molecule has 0 fully saturated rings. The number of carboxylic acid groups (broad SMARTS) is 1. The van der Waals surface area contributed by atoms with Gasteiger partial charge in [-0.05, 0) is 49.2 Å². The highest BCUT2D eigenvalue weighted by molar-refractivity contribution is 6.30. The number of hydrogen-bond donors (Lipinski definition) is 1. The molecule has 0 atom stereocenters. The fourth-order valence-electron chi connectivity index (χ4n) is 4.63. The van der Waals surface area contributed by atoms with E-state index in [4.69, 9.17) is 21.3 Å². The van der Waals surface area contributed by atoms with E-state index in [1.54, 1.807) is 23.7 Å². The largest absolute Gasteiger partial charge is 0.478 e. The van der Waals surface area contributed by atoms with Crippen LogP contribution in [-0.4, -0.2) is 43.7 Å². The number of aromatic carboxylic acids is 1. The van der Waals surface area contributed by atoms with Gasteiger partial charge in [-0.2, -0.15) is 8.78 Å². The number of alkyl halides is 2. The van der Waals surface area contributed by atoms with Crippen LogP contribution < -0.4 is 9.47 Å². The number of nitrogens with zero attached hydrogens (tertiary/aromatic N) is 4. The third kappa shape index (κ3) is 5.64. The Morgan fingerprint density at radius 2 is 2.00 bits per heavy atom. The summed E-state index contributed by atoms with van der Waals surface area (Å²) >= 11 is 5.83. The molecule has 2 aromatic heterocycles. The Balaban J connectivity index is 1.37. The maximum absolute atomic E-state index is 14.2. The molecule has 2 aromatic carbocycles. The van der Waals surface area contributed by atoms with Crippen LogP contribution in [0, 0.1) is 12.7 Å². The van der Waals surface area contributed by atoms with E-state index in [2.05, 4.69) is 14.6 Å². The summed E-state index contributed by atoms with van der Waals surface area (Å²) in [5, 5.41) is 9.71. The van der Waals surface area contributed by atoms with Crippen molar-refractivity contribution in [3.8, 4) is 11.6 Å². The van der Waals surface area contributed by atoms with Gasteiger partial charge in [0, 0.05) is 36.3 Å². The molecule has 1 aliphatic heterocycles. The third-order valence-corrected chi connectivity index (χ3v) is 6.89. The second kappa shape index (κ2) is 10.7. The monoisotopic (exact) mass is 560 g/mol. The normalized spacial score (nSPS) is 13.6. The number of aromatic nitrogens is 3. The molecule has 0 radical (unpaired) electrons. The van der Waals surface area contributed by atoms with E-state index in [1.165, 1.54) is 12.1 Å². The first-order valence-corrected chi connectivity index (χ1v) is 12.4. The van der Waals surface area contributed by atoms with Gasteiger partial charge >= 0.3 is 12.6 Å². The number of rotatable bonds is 8. The zero-order valence-electron chi connectivity index (χ0n) is 21.0. The minimum absolute atomic E-state index is 0.000551. The van der Waals surface area contributed by atoms with Crippen LogP contribution in [0.1, 0.15) is 38.6 Å². The highest BCUT2D eigenvalue weighted by Gasteiger charge is 2.24. The molecule has 12 heteroatoms. The van der Waals surface area contributed by atoms with Crippen molar-refractivity contribution in [2.45, 2.75) is 39.7 Å². The van der Waals surface area contributed by atoms with Gasteiger partial charge in [0.2, 0.25) is 5.88 Å². The van der Waals surface area contributed by atoms with E-state index >= 15 is 0 Å². The first-order chi connectivity index (χ1) is 18.6. The van der Waals surface area contributed by atoms with Crippen LogP contribution in [-0.2, 0) is 33.2 Å². The molecule has 1 aliphatic rings. The molecule has 4 aromatic rings. The molecular weight excluding hydrogens is 537 g/mol. The zero-order valence-corrected chi connectivity index (χ0v) is 21.8. The molecule has 0 saturated carbocycles. The molecule has 3 heterocycles. The van der Waals surface area contributed by atoms with Gasteiger partial charge in [-0.25, -0.2) is 19.2 Å². The highest BCUT2D eigenvalue weighted by Crippen LogP contribution is 2.31. The summed E-state index contributed by atoms with van der Waals surface area (Å²) in [6.45, 7) is 0.309. The van der Waals surface area contributed by atoms with Gasteiger partial charge < -0.3 is 19.1 Å². The van der Waals surface area contributed by atoms with Crippen molar-refractivity contribution in [1.82, 2.24) is 19.4 Å². The van der Waals surface area contributed by atoms with E-state index in [1.807, 2.05) is 13.0 Å². The number of carboxylic acids is 1. The number of benzene rings is 2. The quantitative estimate of drug-likeness (QED) is 0.304. The number of carbonyl (C=O) groups is 1. The van der Waals surface area contributed by atoms with Crippen molar-refractivity contribution in [3.63, 3.8) is 0 Å². The van der Waals surface area contributed by atoms with Crippen LogP contribution >= 0.6 is 11.6 Å². The van der Waals surface area contributed by atoms with Crippen molar-refractivity contribution in [1.29, 1.82) is 0 Å². The van der Waals surface area contributed by atoms with E-state index in [-0.39, 0.29) is 23.4 Å². The van der Waals surface area contributed by atoms with Gasteiger partial charge in [0.1, 0.15) is 23.8 Å². The topological polar surface area (TPSA) is 89.7 Å². The van der Waals surface area contributed by atoms with Gasteiger partial charge in [0.05, 0.1) is 23.3 Å². The first-order valence-electron chi connectivity index (χ1n) is 12.0. The molecule has 1 N–H and O–H groups in total. The summed E-state index contributed by atoms with van der Waals surface area (Å²) in [5.74, 6) is -1.05. The van der Waals surface area contributed by atoms with Crippen LogP contribution in [0.15, 0.2) is 36.4 Å². The standard InChI is InChI=1S/C27H24ClF3N4O4/c1-14-7-15-5-6-35(11-20(15)32-25(14)38-13-16-3-4-18(28)10-19(16)29)12-23-33-24-21(34(23)2)8-17(26(36)37)9-22(24)39-27(30)31/h3-4,7-10,27H,5-6,11-13H2,1-2H3,(H,36,37). The second-order valence-electron chi connectivity index (χ2n) is 9.31. The van der Waals surface area contributed by atoms with E-state index in [0.717, 1.165) is 29.3 Å². The number of pyridine rings is 1. The van der Waals surface area contributed by atoms with Gasteiger partial charge in [0.25, 0.3) is 0 Å². The zero-order chi connectivity index (χ0) is 27.8. The summed E-state index contributed by atoms with van der Waals surface area (Å²) < 4.78 is 52.3. The lowest BCUT2D eigenvalue weighted by Crippen LogP contribution is -2.32. The predicted molar refractivity (Wildman–Crippen MR) is 137 cm³/mol. The van der Waals surface area contributed by atoms with Crippen LogP contribution in [0.5, 0.6) is 11.6 Å². The summed E-state index contributed by atoms with van der Waals surface area (Å²) in [6, 6.07) is 8.85. The van der Waals surface area contributed by atoms with Gasteiger partial charge in [-0.1, -0.05) is 17.7 Å². The van der Waals surface area contributed by atoms with Crippen molar-refractivity contribution in [2.75, 3.05) is 6.54 Å². The first kappa shape index (κ1) is 26.8. The number of aryl methyl sites for hydroxylation is 2. The predicted octanol–water partition coefficient (Wildman–Crippen LogP) is 5.51. The molecular formula is C27H24ClF3N4O4. The molecule has 39 heavy (non-hydrogen) atoms. The maximum atomic E-state index is 14.2. The molecule has 0 unspecified atom stereocenters. The Morgan fingerprint density at radius 1 is 1.21 bits per heavy atom. The molecule has 204 valence electrons. The Bertz CT molecular complexity index is 1580. The Morgan fingerprint density at radius 3 is 2.72 bits per heavy atom. The van der Waals surface area contributed by atoms with Crippen molar-refractivity contribution < 1.29 is 32.5 Å². The molecule has 0 saturated heterocycles. The van der Waals surface area contributed by atoms with Crippen LogP contribution in [0.25, 0.3) is 11.0 Å². The smallest absolute Gasteiger partial charge is 0.387 e. The van der Waals surface area contributed by atoms with Gasteiger partial charge in [-0.15, -0.1) is 0 Å². The summed E-state index contributed by atoms with van der Waals surface area (Å²) in [4.78, 5) is 22.8. The third-order valence-electron chi connectivity index (χ3n) is 6.66. The fourth-order valence-corrected chi connectivity index (χ4v) is 4.79. The second-order valence-corrected chi connectivity index (χ2v) is 9.75. The van der Waals surface area contributed by atoms with Crippen molar-refractivity contribution in [3.05, 3.63) is 81.0 Å². The minimum atomic E-state index is -3.12. The molecule has 0 bridgehead atoms. The van der Waals surface area contributed by atoms with Crippen LogP contribution in [0.3, 0.4) is 0 Å². The van der Waals surface area contributed by atoms with E-state index in [0.29, 0.717) is 47.4 Å². The average molecular weight is 561 g/mol. The number of ether oxygens (including phenoxy) is 2. The molecule has 0 amide bonds. The summed E-state index contributed by atoms with van der Waals surface area (Å²) in [5.41, 5.74) is 3.46. The lowest BCUT2D eigenvalue weighted by atomic mass is 10.0. The average Bonchev–Trinajstić information content (AvgIpc) is 3.18. The Hall–Kier alpha value is -3.83. The summed E-state index contributed by atoms with van der Waals surface area (Å²) in [7, 11) is 1.70. The molecule has 8 nitrogen and oxygen atoms in total. The van der Waals surface area contributed by atoms with Gasteiger partial charge in [-0.3, -0.25) is 4.90 Å². The minimum Gasteiger partial charge on any atom is -0.478 e. The van der Waals surface area contributed by atoms with Crippen molar-refractivity contribution in [2.24, 2.45) is 7.05 Å². The van der Waals surface area contributed by atoms with Crippen LogP contribution in [0.4, 0.5) is 13.2 Å². The number of imidazole rings is 1. The molecule has 0 aliphatic carbocycles. The van der Waals surface area contributed by atoms with E-state index < -0.39 is 18.4 Å².